The molecule has 0 heterocycles. The summed E-state index contributed by atoms with van der Waals surface area (Å²) in [6, 6.07) is 10.0. The molecule has 2 atom stereocenters. The van der Waals surface area contributed by atoms with E-state index in [1.165, 1.54) is 0 Å². The van der Waals surface area contributed by atoms with Gasteiger partial charge in [-0.25, -0.2) is 0 Å². The predicted octanol–water partition coefficient (Wildman–Crippen LogP) is 2.87. The number of carbonyl (C=O) groups is 1. The fourth-order valence-electron chi connectivity index (χ4n) is 2.29. The standard InChI is InChI=1S/C15H18O3/c16-15(17)9-13-7-4-8-14(13)11-18-10-12-5-2-1-3-6-12/h1-7,13-14H,8-11H2,(H,16,17)/t13?,14-/m0/s1. The average molecular weight is 246 g/mol. The largest absolute Gasteiger partial charge is 0.481 e. The van der Waals surface area contributed by atoms with Crippen LogP contribution in [0.15, 0.2) is 42.5 Å². The van der Waals surface area contributed by atoms with Crippen LogP contribution in [0.2, 0.25) is 0 Å². The third kappa shape index (κ3) is 3.70. The Balaban J connectivity index is 1.75. The first-order valence-corrected chi connectivity index (χ1v) is 6.26. The van der Waals surface area contributed by atoms with E-state index in [4.69, 9.17) is 9.84 Å². The summed E-state index contributed by atoms with van der Waals surface area (Å²) in [4.78, 5) is 10.7. The lowest BCUT2D eigenvalue weighted by Gasteiger charge is -2.17. The van der Waals surface area contributed by atoms with Crippen LogP contribution in [0, 0.1) is 11.8 Å². The van der Waals surface area contributed by atoms with Crippen LogP contribution in [0.1, 0.15) is 18.4 Å². The maximum absolute atomic E-state index is 10.7. The number of ether oxygens (including phenoxy) is 1. The molecule has 0 aliphatic heterocycles. The molecule has 0 spiro atoms. The van der Waals surface area contributed by atoms with Crippen molar-refractivity contribution in [1.82, 2.24) is 0 Å². The maximum atomic E-state index is 10.7. The number of carboxylic acids is 1. The zero-order valence-electron chi connectivity index (χ0n) is 10.3. The van der Waals surface area contributed by atoms with Crippen LogP contribution in [0.5, 0.6) is 0 Å². The Kier molecular flexibility index (Phi) is 4.53. The molecule has 0 aromatic heterocycles. The fourth-order valence-corrected chi connectivity index (χ4v) is 2.29. The average Bonchev–Trinajstić information content (AvgIpc) is 2.77. The normalized spacial score (nSPS) is 22.2. The lowest BCUT2D eigenvalue weighted by atomic mass is 9.93. The predicted molar refractivity (Wildman–Crippen MR) is 69.1 cm³/mol. The Morgan fingerprint density at radius 3 is 2.83 bits per heavy atom. The molecule has 1 aromatic rings. The molecule has 3 heteroatoms. The van der Waals surface area contributed by atoms with Gasteiger partial charge in [-0.2, -0.15) is 0 Å². The van der Waals surface area contributed by atoms with E-state index in [0.29, 0.717) is 19.1 Å². The molecule has 1 unspecified atom stereocenters. The summed E-state index contributed by atoms with van der Waals surface area (Å²) in [6.07, 6.45) is 5.19. The second kappa shape index (κ2) is 6.36. The molecule has 1 aliphatic carbocycles. The van der Waals surface area contributed by atoms with Gasteiger partial charge in [-0.05, 0) is 23.8 Å². The van der Waals surface area contributed by atoms with E-state index in [0.717, 1.165) is 12.0 Å². The molecule has 96 valence electrons. The first kappa shape index (κ1) is 12.8. The van der Waals surface area contributed by atoms with Crippen molar-refractivity contribution in [2.24, 2.45) is 11.8 Å². The van der Waals surface area contributed by atoms with E-state index in [1.807, 2.05) is 36.4 Å². The zero-order valence-corrected chi connectivity index (χ0v) is 10.3. The summed E-state index contributed by atoms with van der Waals surface area (Å²) >= 11 is 0. The number of aliphatic carboxylic acids is 1. The summed E-state index contributed by atoms with van der Waals surface area (Å²) in [5, 5.41) is 8.82. The van der Waals surface area contributed by atoms with Crippen molar-refractivity contribution in [3.05, 3.63) is 48.0 Å². The van der Waals surface area contributed by atoms with E-state index in [1.54, 1.807) is 0 Å². The Labute approximate surface area is 107 Å². The quantitative estimate of drug-likeness (QED) is 0.785. The molecule has 18 heavy (non-hydrogen) atoms. The zero-order chi connectivity index (χ0) is 12.8. The Morgan fingerprint density at radius 1 is 1.33 bits per heavy atom. The van der Waals surface area contributed by atoms with Crippen molar-refractivity contribution in [1.29, 1.82) is 0 Å². The molecule has 0 bridgehead atoms. The van der Waals surface area contributed by atoms with Gasteiger partial charge in [0.25, 0.3) is 0 Å². The van der Waals surface area contributed by atoms with Crippen LogP contribution in [0.4, 0.5) is 0 Å². The van der Waals surface area contributed by atoms with Gasteiger partial charge in [-0.3, -0.25) is 4.79 Å². The summed E-state index contributed by atoms with van der Waals surface area (Å²) in [5.41, 5.74) is 1.15. The summed E-state index contributed by atoms with van der Waals surface area (Å²) < 4.78 is 5.68. The van der Waals surface area contributed by atoms with Gasteiger partial charge in [0.05, 0.1) is 19.6 Å². The number of carboxylic acid groups (broad SMARTS) is 1. The van der Waals surface area contributed by atoms with Crippen LogP contribution in [0.25, 0.3) is 0 Å². The van der Waals surface area contributed by atoms with Crippen LogP contribution >= 0.6 is 0 Å². The van der Waals surface area contributed by atoms with E-state index in [2.05, 4.69) is 6.08 Å². The van der Waals surface area contributed by atoms with Crippen LogP contribution in [-0.2, 0) is 16.1 Å². The third-order valence-electron chi connectivity index (χ3n) is 3.28. The Morgan fingerprint density at radius 2 is 2.11 bits per heavy atom. The summed E-state index contributed by atoms with van der Waals surface area (Å²) in [5.74, 6) is -0.303. The highest BCUT2D eigenvalue weighted by molar-refractivity contribution is 5.67. The van der Waals surface area contributed by atoms with Crippen molar-refractivity contribution in [2.75, 3.05) is 6.61 Å². The molecule has 1 aromatic carbocycles. The molecule has 0 saturated heterocycles. The first-order valence-electron chi connectivity index (χ1n) is 6.26. The number of allylic oxidation sites excluding steroid dienone is 2. The number of hydrogen-bond acceptors (Lipinski definition) is 2. The highest BCUT2D eigenvalue weighted by atomic mass is 16.5. The van der Waals surface area contributed by atoms with Crippen molar-refractivity contribution in [3.63, 3.8) is 0 Å². The molecule has 0 saturated carbocycles. The third-order valence-corrected chi connectivity index (χ3v) is 3.28. The minimum Gasteiger partial charge on any atom is -0.481 e. The molecule has 1 aliphatic rings. The van der Waals surface area contributed by atoms with Crippen LogP contribution in [-0.4, -0.2) is 17.7 Å². The lowest BCUT2D eigenvalue weighted by molar-refractivity contribution is -0.138. The second-order valence-corrected chi connectivity index (χ2v) is 4.69. The van der Waals surface area contributed by atoms with Crippen LogP contribution in [0.3, 0.4) is 0 Å². The molecular weight excluding hydrogens is 228 g/mol. The molecule has 0 radical (unpaired) electrons. The smallest absolute Gasteiger partial charge is 0.303 e. The van der Waals surface area contributed by atoms with E-state index < -0.39 is 5.97 Å². The Hall–Kier alpha value is -1.61. The van der Waals surface area contributed by atoms with E-state index >= 15 is 0 Å². The van der Waals surface area contributed by atoms with Crippen molar-refractivity contribution >= 4 is 5.97 Å². The second-order valence-electron chi connectivity index (χ2n) is 4.69. The molecular formula is C15H18O3. The maximum Gasteiger partial charge on any atom is 0.303 e. The molecule has 0 fully saturated rings. The minimum atomic E-state index is -0.736. The van der Waals surface area contributed by atoms with Crippen molar-refractivity contribution < 1.29 is 14.6 Å². The lowest BCUT2D eigenvalue weighted by Crippen LogP contribution is -2.18. The van der Waals surface area contributed by atoms with Gasteiger partial charge in [0.2, 0.25) is 0 Å². The number of rotatable bonds is 6. The van der Waals surface area contributed by atoms with Crippen molar-refractivity contribution in [2.45, 2.75) is 19.4 Å². The van der Waals surface area contributed by atoms with Crippen molar-refractivity contribution in [3.8, 4) is 0 Å². The number of hydrogen-bond donors (Lipinski definition) is 1. The monoisotopic (exact) mass is 246 g/mol. The molecule has 0 amide bonds. The van der Waals surface area contributed by atoms with Gasteiger partial charge in [0.1, 0.15) is 0 Å². The van der Waals surface area contributed by atoms with E-state index in [-0.39, 0.29) is 12.3 Å². The summed E-state index contributed by atoms with van der Waals surface area (Å²) in [7, 11) is 0. The van der Waals surface area contributed by atoms with E-state index in [9.17, 15) is 4.79 Å². The van der Waals surface area contributed by atoms with Gasteiger partial charge < -0.3 is 9.84 Å². The highest BCUT2D eigenvalue weighted by Gasteiger charge is 2.24. The number of benzene rings is 1. The molecule has 2 rings (SSSR count). The topological polar surface area (TPSA) is 46.5 Å². The van der Waals surface area contributed by atoms with Gasteiger partial charge in [0, 0.05) is 0 Å². The highest BCUT2D eigenvalue weighted by Crippen LogP contribution is 2.28. The SMILES string of the molecule is O=C(O)CC1C=CC[C@H]1COCc1ccccc1. The molecule has 3 nitrogen and oxygen atoms in total. The first-order chi connectivity index (χ1) is 8.75. The van der Waals surface area contributed by atoms with Gasteiger partial charge in [-0.15, -0.1) is 0 Å². The minimum absolute atomic E-state index is 0.123. The molecule has 1 N–H and O–H groups in total. The Bertz CT molecular complexity index is 411. The van der Waals surface area contributed by atoms with Gasteiger partial charge >= 0.3 is 5.97 Å². The van der Waals surface area contributed by atoms with Gasteiger partial charge in [-0.1, -0.05) is 42.5 Å². The van der Waals surface area contributed by atoms with Gasteiger partial charge in [0.15, 0.2) is 0 Å². The van der Waals surface area contributed by atoms with Crippen LogP contribution < -0.4 is 0 Å². The fraction of sp³-hybridized carbons (Fsp3) is 0.400. The summed E-state index contributed by atoms with van der Waals surface area (Å²) in [6.45, 7) is 1.22.